The highest BCUT2D eigenvalue weighted by Crippen LogP contribution is 2.34. The number of nitrogens with two attached hydrogens (primary N) is 1. The fourth-order valence-electron chi connectivity index (χ4n) is 2.07. The molecule has 102 valence electrons. The predicted octanol–water partition coefficient (Wildman–Crippen LogP) is 2.26. The fraction of sp³-hybridized carbons (Fsp3) is 0.357. The molecular formula is C14H19N3OS. The van der Waals surface area contributed by atoms with E-state index < -0.39 is 0 Å². The first-order chi connectivity index (χ1) is 9.17. The zero-order valence-corrected chi connectivity index (χ0v) is 12.3. The first-order valence-electron chi connectivity index (χ1n) is 6.11. The molecule has 1 heterocycles. The molecule has 1 atom stereocenters. The zero-order valence-electron chi connectivity index (χ0n) is 11.5. The van der Waals surface area contributed by atoms with Crippen LogP contribution in [0.3, 0.4) is 0 Å². The van der Waals surface area contributed by atoms with Crippen LogP contribution in [0.5, 0.6) is 5.75 Å². The van der Waals surface area contributed by atoms with E-state index in [0.29, 0.717) is 6.54 Å². The summed E-state index contributed by atoms with van der Waals surface area (Å²) in [5.74, 6) is 0.880. The van der Waals surface area contributed by atoms with Crippen LogP contribution in [0.15, 0.2) is 29.6 Å². The first-order valence-corrected chi connectivity index (χ1v) is 6.99. The zero-order chi connectivity index (χ0) is 13.8. The fourth-order valence-corrected chi connectivity index (χ4v) is 3.11. The Balaban J connectivity index is 2.45. The summed E-state index contributed by atoms with van der Waals surface area (Å²) in [6.45, 7) is 0.475. The summed E-state index contributed by atoms with van der Waals surface area (Å²) < 4.78 is 5.46. The van der Waals surface area contributed by atoms with Gasteiger partial charge in [-0.2, -0.15) is 0 Å². The highest BCUT2D eigenvalue weighted by atomic mass is 32.1. The van der Waals surface area contributed by atoms with Crippen LogP contribution >= 0.6 is 11.3 Å². The van der Waals surface area contributed by atoms with E-state index in [4.69, 9.17) is 10.5 Å². The van der Waals surface area contributed by atoms with Gasteiger partial charge in [0.05, 0.1) is 18.8 Å². The van der Waals surface area contributed by atoms with Gasteiger partial charge in [-0.05, 0) is 20.2 Å². The molecule has 0 aliphatic heterocycles. The summed E-state index contributed by atoms with van der Waals surface area (Å²) >= 11 is 1.64. The number of thiazole rings is 1. The Morgan fingerprint density at radius 2 is 2.11 bits per heavy atom. The minimum atomic E-state index is 0.0847. The number of methoxy groups -OCH3 is 1. The summed E-state index contributed by atoms with van der Waals surface area (Å²) in [4.78, 5) is 6.73. The Bertz CT molecular complexity index is 539. The maximum Gasteiger partial charge on any atom is 0.124 e. The SMILES string of the molecule is COc1ccccc1C(c1nc(CN)cs1)N(C)C. The third-order valence-electron chi connectivity index (χ3n) is 2.96. The molecule has 0 saturated carbocycles. The van der Waals surface area contributed by atoms with E-state index >= 15 is 0 Å². The summed E-state index contributed by atoms with van der Waals surface area (Å²) in [5, 5.41) is 3.05. The minimum absolute atomic E-state index is 0.0847. The van der Waals surface area contributed by atoms with Crippen molar-refractivity contribution in [2.75, 3.05) is 21.2 Å². The van der Waals surface area contributed by atoms with Gasteiger partial charge in [0.15, 0.2) is 0 Å². The lowest BCUT2D eigenvalue weighted by Crippen LogP contribution is -2.21. The van der Waals surface area contributed by atoms with Crippen molar-refractivity contribution in [3.63, 3.8) is 0 Å². The van der Waals surface area contributed by atoms with Crippen LogP contribution in [-0.2, 0) is 6.54 Å². The van der Waals surface area contributed by atoms with Gasteiger partial charge < -0.3 is 10.5 Å². The van der Waals surface area contributed by atoms with Crippen molar-refractivity contribution in [1.29, 1.82) is 0 Å². The maximum absolute atomic E-state index is 5.64. The third-order valence-corrected chi connectivity index (χ3v) is 3.91. The van der Waals surface area contributed by atoms with Gasteiger partial charge in [-0.3, -0.25) is 4.90 Å². The molecule has 2 N–H and O–H groups in total. The van der Waals surface area contributed by atoms with Crippen LogP contribution in [0.2, 0.25) is 0 Å². The normalized spacial score (nSPS) is 12.7. The lowest BCUT2D eigenvalue weighted by molar-refractivity contribution is 0.326. The van der Waals surface area contributed by atoms with Gasteiger partial charge >= 0.3 is 0 Å². The summed E-state index contributed by atoms with van der Waals surface area (Å²) in [5.41, 5.74) is 7.69. The highest BCUT2D eigenvalue weighted by Gasteiger charge is 2.23. The van der Waals surface area contributed by atoms with E-state index in [1.807, 2.05) is 37.7 Å². The molecule has 0 bridgehead atoms. The Morgan fingerprint density at radius 3 is 2.68 bits per heavy atom. The second-order valence-corrected chi connectivity index (χ2v) is 5.38. The number of aromatic nitrogens is 1. The Morgan fingerprint density at radius 1 is 1.37 bits per heavy atom. The third kappa shape index (κ3) is 2.94. The number of benzene rings is 1. The molecule has 0 aliphatic rings. The molecule has 2 aromatic rings. The molecule has 0 fully saturated rings. The molecule has 2 rings (SSSR count). The summed E-state index contributed by atoms with van der Waals surface area (Å²) in [7, 11) is 5.78. The van der Waals surface area contributed by atoms with E-state index in [1.54, 1.807) is 18.4 Å². The van der Waals surface area contributed by atoms with E-state index in [0.717, 1.165) is 22.0 Å². The number of hydrogen-bond acceptors (Lipinski definition) is 5. The number of ether oxygens (including phenoxy) is 1. The molecule has 5 heteroatoms. The summed E-state index contributed by atoms with van der Waals surface area (Å²) in [6.07, 6.45) is 0. The number of para-hydroxylation sites is 1. The van der Waals surface area contributed by atoms with Crippen molar-refractivity contribution in [2.45, 2.75) is 12.6 Å². The second kappa shape index (κ2) is 6.14. The van der Waals surface area contributed by atoms with Gasteiger partial charge in [-0.25, -0.2) is 4.98 Å². The molecular weight excluding hydrogens is 258 g/mol. The van der Waals surface area contributed by atoms with Crippen LogP contribution in [0.25, 0.3) is 0 Å². The van der Waals surface area contributed by atoms with E-state index in [9.17, 15) is 0 Å². The van der Waals surface area contributed by atoms with Crippen molar-refractivity contribution >= 4 is 11.3 Å². The predicted molar refractivity (Wildman–Crippen MR) is 78.5 cm³/mol. The molecule has 4 nitrogen and oxygen atoms in total. The van der Waals surface area contributed by atoms with Gasteiger partial charge in [0, 0.05) is 17.5 Å². The molecule has 1 unspecified atom stereocenters. The molecule has 1 aromatic heterocycles. The number of hydrogen-bond donors (Lipinski definition) is 1. The van der Waals surface area contributed by atoms with Gasteiger partial charge in [0.25, 0.3) is 0 Å². The monoisotopic (exact) mass is 277 g/mol. The first kappa shape index (κ1) is 14.0. The van der Waals surface area contributed by atoms with E-state index in [1.165, 1.54) is 0 Å². The van der Waals surface area contributed by atoms with Gasteiger partial charge in [-0.15, -0.1) is 11.3 Å². The van der Waals surface area contributed by atoms with Crippen LogP contribution in [0.4, 0.5) is 0 Å². The lowest BCUT2D eigenvalue weighted by atomic mass is 10.1. The molecule has 0 spiro atoms. The molecule has 19 heavy (non-hydrogen) atoms. The van der Waals surface area contributed by atoms with Crippen molar-refractivity contribution in [3.05, 3.63) is 45.9 Å². The largest absolute Gasteiger partial charge is 0.496 e. The van der Waals surface area contributed by atoms with E-state index in [2.05, 4.69) is 16.0 Å². The number of nitrogens with zero attached hydrogens (tertiary/aromatic N) is 2. The second-order valence-electron chi connectivity index (χ2n) is 4.49. The van der Waals surface area contributed by atoms with Crippen LogP contribution in [-0.4, -0.2) is 31.1 Å². The van der Waals surface area contributed by atoms with Gasteiger partial charge in [0.1, 0.15) is 10.8 Å². The van der Waals surface area contributed by atoms with Gasteiger partial charge in [-0.1, -0.05) is 18.2 Å². The van der Waals surface area contributed by atoms with Crippen molar-refractivity contribution < 1.29 is 4.74 Å². The number of rotatable bonds is 5. The molecule has 0 saturated heterocycles. The van der Waals surface area contributed by atoms with Crippen LogP contribution < -0.4 is 10.5 Å². The highest BCUT2D eigenvalue weighted by molar-refractivity contribution is 7.09. The Hall–Kier alpha value is -1.43. The average molecular weight is 277 g/mol. The van der Waals surface area contributed by atoms with Crippen LogP contribution in [0.1, 0.15) is 22.3 Å². The van der Waals surface area contributed by atoms with Gasteiger partial charge in [0.2, 0.25) is 0 Å². The topological polar surface area (TPSA) is 51.4 Å². The molecule has 1 aromatic carbocycles. The standard InChI is InChI=1S/C14H19N3OS/c1-17(2)13(14-16-10(8-15)9-19-14)11-6-4-5-7-12(11)18-3/h4-7,9,13H,8,15H2,1-3H3. The quantitative estimate of drug-likeness (QED) is 0.911. The minimum Gasteiger partial charge on any atom is -0.496 e. The van der Waals surface area contributed by atoms with E-state index in [-0.39, 0.29) is 6.04 Å². The average Bonchev–Trinajstić information content (AvgIpc) is 2.87. The molecule has 0 radical (unpaired) electrons. The lowest BCUT2D eigenvalue weighted by Gasteiger charge is -2.24. The maximum atomic E-state index is 5.64. The molecule has 0 aliphatic carbocycles. The van der Waals surface area contributed by atoms with Crippen molar-refractivity contribution in [3.8, 4) is 5.75 Å². The van der Waals surface area contributed by atoms with Crippen molar-refractivity contribution in [1.82, 2.24) is 9.88 Å². The molecule has 0 amide bonds. The van der Waals surface area contributed by atoms with Crippen LogP contribution in [0, 0.1) is 0 Å². The Labute approximate surface area is 117 Å². The van der Waals surface area contributed by atoms with Crippen molar-refractivity contribution in [2.24, 2.45) is 5.73 Å². The smallest absolute Gasteiger partial charge is 0.124 e. The Kier molecular flexibility index (Phi) is 4.52. The summed E-state index contributed by atoms with van der Waals surface area (Å²) in [6, 6.07) is 8.13.